The maximum absolute atomic E-state index is 12.5. The van der Waals surface area contributed by atoms with E-state index in [0.717, 1.165) is 41.5 Å². The lowest BCUT2D eigenvalue weighted by atomic mass is 10.2. The first-order valence-electron chi connectivity index (χ1n) is 9.29. The highest BCUT2D eigenvalue weighted by molar-refractivity contribution is 7.98. The maximum atomic E-state index is 12.5. The van der Waals surface area contributed by atoms with Crippen molar-refractivity contribution in [2.24, 2.45) is 0 Å². The van der Waals surface area contributed by atoms with Gasteiger partial charge in [-0.1, -0.05) is 31.5 Å². The maximum Gasteiger partial charge on any atom is 0.314 e. The Hall–Kier alpha value is -2.03. The molecule has 0 bridgehead atoms. The quantitative estimate of drug-likeness (QED) is 0.672. The molecule has 0 atom stereocenters. The minimum absolute atomic E-state index is 0.426. The van der Waals surface area contributed by atoms with E-state index in [2.05, 4.69) is 34.5 Å². The van der Waals surface area contributed by atoms with Crippen LogP contribution in [-0.4, -0.2) is 52.7 Å². The van der Waals surface area contributed by atoms with Crippen LogP contribution in [0.15, 0.2) is 24.3 Å². The number of rotatable bonds is 7. The summed E-state index contributed by atoms with van der Waals surface area (Å²) >= 11 is 7.83. The summed E-state index contributed by atoms with van der Waals surface area (Å²) in [5, 5.41) is 10.6. The number of fused-ring (bicyclic) bond motifs is 1. The molecule has 1 aromatic carbocycles. The van der Waals surface area contributed by atoms with Gasteiger partial charge in [0.1, 0.15) is 5.82 Å². The number of carbonyl (C=O) groups is 2. The van der Waals surface area contributed by atoms with Gasteiger partial charge in [-0.05, 0) is 31.3 Å². The van der Waals surface area contributed by atoms with Gasteiger partial charge in [-0.2, -0.15) is 16.9 Å². The van der Waals surface area contributed by atoms with E-state index in [1.165, 1.54) is 0 Å². The summed E-state index contributed by atoms with van der Waals surface area (Å²) in [6.07, 6.45) is 0. The Kier molecular flexibility index (Phi) is 6.98. The van der Waals surface area contributed by atoms with Crippen LogP contribution in [0.3, 0.4) is 0 Å². The molecule has 2 amide bonds. The molecule has 2 N–H and O–H groups in total. The molecule has 7 nitrogen and oxygen atoms in total. The number of nitrogens with one attached hydrogen (secondary N) is 2. The van der Waals surface area contributed by atoms with Gasteiger partial charge >= 0.3 is 11.8 Å². The number of likely N-dealkylation sites (N-methyl/N-ethyl adjacent to an activating group) is 1. The van der Waals surface area contributed by atoms with Crippen LogP contribution in [-0.2, 0) is 21.1 Å². The minimum Gasteiger partial charge on any atom is -0.347 e. The predicted octanol–water partition coefficient (Wildman–Crippen LogP) is 2.67. The standard InChI is InChI=1S/C19H24ClN5O2S/c1-3-24(4-2)9-8-21-18(26)19(27)22-17-15-11-28-12-16(15)23-25(17)14-7-5-6-13(20)10-14/h5-7,10H,3-4,8-9,11-12H2,1-2H3,(H,21,26)(H,22,27). The molecule has 0 saturated carbocycles. The van der Waals surface area contributed by atoms with Gasteiger partial charge in [0.2, 0.25) is 0 Å². The first-order valence-corrected chi connectivity index (χ1v) is 10.8. The van der Waals surface area contributed by atoms with Gasteiger partial charge in [0.15, 0.2) is 0 Å². The predicted molar refractivity (Wildman–Crippen MR) is 113 cm³/mol. The van der Waals surface area contributed by atoms with Crippen molar-refractivity contribution in [3.63, 3.8) is 0 Å². The molecule has 0 aliphatic carbocycles. The molecule has 28 heavy (non-hydrogen) atoms. The number of hydrogen-bond donors (Lipinski definition) is 2. The molecule has 150 valence electrons. The number of aromatic nitrogens is 2. The van der Waals surface area contributed by atoms with Crippen LogP contribution in [0.4, 0.5) is 5.82 Å². The Labute approximate surface area is 173 Å². The number of thioether (sulfide) groups is 1. The van der Waals surface area contributed by atoms with E-state index in [1.54, 1.807) is 28.6 Å². The zero-order valence-electron chi connectivity index (χ0n) is 16.0. The van der Waals surface area contributed by atoms with Crippen molar-refractivity contribution in [1.29, 1.82) is 0 Å². The number of hydrogen-bond acceptors (Lipinski definition) is 5. The van der Waals surface area contributed by atoms with E-state index in [9.17, 15) is 9.59 Å². The summed E-state index contributed by atoms with van der Waals surface area (Å²) in [5.74, 6) is 0.718. The molecule has 0 unspecified atom stereocenters. The average Bonchev–Trinajstić information content (AvgIpc) is 3.27. The first-order chi connectivity index (χ1) is 13.5. The summed E-state index contributed by atoms with van der Waals surface area (Å²) in [4.78, 5) is 26.9. The Morgan fingerprint density at radius 1 is 1.25 bits per heavy atom. The van der Waals surface area contributed by atoms with Crippen molar-refractivity contribution in [3.8, 4) is 5.69 Å². The summed E-state index contributed by atoms with van der Waals surface area (Å²) in [6.45, 7) is 7.07. The second-order valence-corrected chi connectivity index (χ2v) is 7.82. The molecule has 1 aromatic heterocycles. The smallest absolute Gasteiger partial charge is 0.314 e. The zero-order valence-corrected chi connectivity index (χ0v) is 17.6. The Bertz CT molecular complexity index is 866. The van der Waals surface area contributed by atoms with E-state index in [1.807, 2.05) is 12.1 Å². The highest BCUT2D eigenvalue weighted by Crippen LogP contribution is 2.36. The van der Waals surface area contributed by atoms with Gasteiger partial charge in [0.05, 0.1) is 11.4 Å². The van der Waals surface area contributed by atoms with Crippen LogP contribution >= 0.6 is 23.4 Å². The Morgan fingerprint density at radius 2 is 2.04 bits per heavy atom. The van der Waals surface area contributed by atoms with Crippen LogP contribution in [0.1, 0.15) is 25.1 Å². The summed E-state index contributed by atoms with van der Waals surface area (Å²) in [6, 6.07) is 7.24. The van der Waals surface area contributed by atoms with E-state index in [4.69, 9.17) is 11.6 Å². The molecule has 0 fully saturated rings. The lowest BCUT2D eigenvalue weighted by Gasteiger charge is -2.17. The highest BCUT2D eigenvalue weighted by atomic mass is 35.5. The van der Waals surface area contributed by atoms with Gasteiger partial charge in [-0.3, -0.25) is 9.59 Å². The first kappa shape index (κ1) is 20.7. The van der Waals surface area contributed by atoms with Crippen molar-refractivity contribution in [3.05, 3.63) is 40.5 Å². The largest absolute Gasteiger partial charge is 0.347 e. The summed E-state index contributed by atoms with van der Waals surface area (Å²) in [7, 11) is 0. The van der Waals surface area contributed by atoms with E-state index < -0.39 is 11.8 Å². The summed E-state index contributed by atoms with van der Waals surface area (Å²) < 4.78 is 1.65. The number of halogens is 1. The Morgan fingerprint density at radius 3 is 2.75 bits per heavy atom. The zero-order chi connectivity index (χ0) is 20.1. The molecule has 0 spiro atoms. The van der Waals surface area contributed by atoms with Crippen LogP contribution < -0.4 is 10.6 Å². The number of benzene rings is 1. The van der Waals surface area contributed by atoms with Gasteiger partial charge in [0.25, 0.3) is 0 Å². The fraction of sp³-hybridized carbons (Fsp3) is 0.421. The fourth-order valence-electron chi connectivity index (χ4n) is 3.05. The number of anilines is 1. The fourth-order valence-corrected chi connectivity index (χ4v) is 4.27. The van der Waals surface area contributed by atoms with Crippen LogP contribution in [0.2, 0.25) is 5.02 Å². The van der Waals surface area contributed by atoms with Crippen LogP contribution in [0.25, 0.3) is 5.69 Å². The average molecular weight is 422 g/mol. The summed E-state index contributed by atoms with van der Waals surface area (Å²) in [5.41, 5.74) is 2.61. The third-order valence-corrected chi connectivity index (χ3v) is 5.86. The topological polar surface area (TPSA) is 79.3 Å². The molecule has 1 aliphatic rings. The van der Waals surface area contributed by atoms with E-state index >= 15 is 0 Å². The highest BCUT2D eigenvalue weighted by Gasteiger charge is 2.26. The van der Waals surface area contributed by atoms with Crippen LogP contribution in [0.5, 0.6) is 0 Å². The molecule has 0 saturated heterocycles. The van der Waals surface area contributed by atoms with E-state index in [-0.39, 0.29) is 0 Å². The molecule has 2 aromatic rings. The molecular formula is C19H24ClN5O2S. The Balaban J connectivity index is 1.73. The molecule has 2 heterocycles. The van der Waals surface area contributed by atoms with Gasteiger partial charge < -0.3 is 15.5 Å². The molecule has 3 rings (SSSR count). The van der Waals surface area contributed by atoms with Gasteiger partial charge in [-0.25, -0.2) is 4.68 Å². The normalized spacial score (nSPS) is 12.9. The number of nitrogens with zero attached hydrogens (tertiary/aromatic N) is 3. The lowest BCUT2D eigenvalue weighted by molar-refractivity contribution is -0.136. The van der Waals surface area contributed by atoms with Crippen molar-refractivity contribution in [2.75, 3.05) is 31.5 Å². The SMILES string of the molecule is CCN(CC)CCNC(=O)C(=O)Nc1c2c(nn1-c1cccc(Cl)c1)CSC2. The minimum atomic E-state index is -0.692. The molecule has 0 radical (unpaired) electrons. The monoisotopic (exact) mass is 421 g/mol. The van der Waals surface area contributed by atoms with Crippen molar-refractivity contribution in [2.45, 2.75) is 25.4 Å². The number of carbonyl (C=O) groups excluding carboxylic acids is 2. The van der Waals surface area contributed by atoms with Gasteiger partial charge in [-0.15, -0.1) is 0 Å². The third-order valence-electron chi connectivity index (χ3n) is 4.65. The van der Waals surface area contributed by atoms with Crippen LogP contribution in [0, 0.1) is 0 Å². The van der Waals surface area contributed by atoms with Crippen molar-refractivity contribution < 1.29 is 9.59 Å². The molecular weight excluding hydrogens is 398 g/mol. The van der Waals surface area contributed by atoms with Crippen molar-refractivity contribution in [1.82, 2.24) is 20.0 Å². The molecule has 9 heteroatoms. The van der Waals surface area contributed by atoms with Gasteiger partial charge in [0, 0.05) is 35.2 Å². The van der Waals surface area contributed by atoms with E-state index in [0.29, 0.717) is 23.9 Å². The second kappa shape index (κ2) is 9.45. The second-order valence-electron chi connectivity index (χ2n) is 6.40. The third kappa shape index (κ3) is 4.68. The lowest BCUT2D eigenvalue weighted by Crippen LogP contribution is -2.40. The number of amides is 2. The molecule has 1 aliphatic heterocycles. The van der Waals surface area contributed by atoms with Crippen molar-refractivity contribution >= 4 is 41.0 Å².